The molecule has 0 atom stereocenters. The zero-order chi connectivity index (χ0) is 15.2. The van der Waals surface area contributed by atoms with E-state index < -0.39 is 0 Å². The molecule has 0 aromatic heterocycles. The lowest BCUT2D eigenvalue weighted by Crippen LogP contribution is -2.44. The van der Waals surface area contributed by atoms with Gasteiger partial charge in [0.2, 0.25) is 0 Å². The molecular weight excluding hydrogens is 262 g/mol. The highest BCUT2D eigenvalue weighted by atomic mass is 16.2. The molecule has 0 bridgehead atoms. The number of anilines is 1. The molecule has 1 amide bonds. The van der Waals surface area contributed by atoms with Crippen LogP contribution in [0.2, 0.25) is 0 Å². The number of carbonyl (C=O) groups is 1. The molecule has 21 heavy (non-hydrogen) atoms. The number of hydrogen-bond acceptors (Lipinski definition) is 3. The Morgan fingerprint density at radius 2 is 1.95 bits per heavy atom. The van der Waals surface area contributed by atoms with Crippen molar-refractivity contribution < 1.29 is 4.79 Å². The summed E-state index contributed by atoms with van der Waals surface area (Å²) in [5.74, 6) is 0.159. The van der Waals surface area contributed by atoms with Gasteiger partial charge in [0, 0.05) is 31.4 Å². The van der Waals surface area contributed by atoms with Gasteiger partial charge in [-0.25, -0.2) is 0 Å². The van der Waals surface area contributed by atoms with E-state index in [0.29, 0.717) is 6.04 Å². The molecule has 1 aliphatic rings. The quantitative estimate of drug-likeness (QED) is 0.905. The van der Waals surface area contributed by atoms with Gasteiger partial charge >= 0.3 is 0 Å². The Balaban J connectivity index is 2.04. The summed E-state index contributed by atoms with van der Waals surface area (Å²) >= 11 is 0. The van der Waals surface area contributed by atoms with E-state index in [1.807, 2.05) is 29.2 Å². The first-order valence-corrected chi connectivity index (χ1v) is 7.92. The van der Waals surface area contributed by atoms with Crippen molar-refractivity contribution in [2.24, 2.45) is 0 Å². The Kier molecular flexibility index (Phi) is 5.62. The second-order valence-corrected chi connectivity index (χ2v) is 5.96. The fourth-order valence-corrected chi connectivity index (χ4v) is 2.84. The third-order valence-corrected chi connectivity index (χ3v) is 4.20. The number of rotatable bonds is 5. The van der Waals surface area contributed by atoms with Gasteiger partial charge in [0.15, 0.2) is 0 Å². The molecule has 2 rings (SSSR count). The maximum Gasteiger partial charge on any atom is 0.255 e. The highest BCUT2D eigenvalue weighted by Crippen LogP contribution is 2.21. The van der Waals surface area contributed by atoms with Crippen molar-refractivity contribution in [2.45, 2.75) is 32.2 Å². The first kappa shape index (κ1) is 15.8. The molecule has 1 fully saturated rings. The Bertz CT molecular complexity index is 465. The van der Waals surface area contributed by atoms with Crippen molar-refractivity contribution in [3.8, 4) is 0 Å². The number of amides is 1. The van der Waals surface area contributed by atoms with E-state index in [1.165, 1.54) is 0 Å². The van der Waals surface area contributed by atoms with E-state index >= 15 is 0 Å². The highest BCUT2D eigenvalue weighted by molar-refractivity contribution is 5.99. The first-order valence-electron chi connectivity index (χ1n) is 7.92. The number of hydrogen-bond donors (Lipinski definition) is 1. The second-order valence-electron chi connectivity index (χ2n) is 5.96. The van der Waals surface area contributed by atoms with Gasteiger partial charge in [0.05, 0.1) is 5.56 Å². The number of piperidine rings is 1. The van der Waals surface area contributed by atoms with Gasteiger partial charge in [0.1, 0.15) is 0 Å². The Morgan fingerprint density at radius 3 is 2.57 bits per heavy atom. The number of likely N-dealkylation sites (tertiary alicyclic amines) is 1. The predicted octanol–water partition coefficient (Wildman–Crippen LogP) is 2.67. The second kappa shape index (κ2) is 7.46. The number of carbonyl (C=O) groups excluding carboxylic acids is 1. The summed E-state index contributed by atoms with van der Waals surface area (Å²) in [6.45, 7) is 4.73. The van der Waals surface area contributed by atoms with Crippen molar-refractivity contribution >= 4 is 11.6 Å². The van der Waals surface area contributed by atoms with Crippen molar-refractivity contribution in [3.63, 3.8) is 0 Å². The molecule has 1 aromatic rings. The topological polar surface area (TPSA) is 35.6 Å². The monoisotopic (exact) mass is 289 g/mol. The van der Waals surface area contributed by atoms with E-state index in [9.17, 15) is 4.79 Å². The van der Waals surface area contributed by atoms with Crippen molar-refractivity contribution in [2.75, 3.05) is 39.0 Å². The Hall–Kier alpha value is -1.55. The largest absolute Gasteiger partial charge is 0.384 e. The normalized spacial score (nSPS) is 16.3. The summed E-state index contributed by atoms with van der Waals surface area (Å²) in [7, 11) is 4.23. The van der Waals surface area contributed by atoms with Crippen molar-refractivity contribution in [1.82, 2.24) is 9.80 Å². The van der Waals surface area contributed by atoms with Crippen LogP contribution >= 0.6 is 0 Å². The third-order valence-electron chi connectivity index (χ3n) is 4.20. The van der Waals surface area contributed by atoms with Crippen molar-refractivity contribution in [3.05, 3.63) is 29.8 Å². The van der Waals surface area contributed by atoms with E-state index in [2.05, 4.69) is 31.2 Å². The minimum Gasteiger partial charge on any atom is -0.384 e. The minimum atomic E-state index is 0.159. The van der Waals surface area contributed by atoms with Crippen LogP contribution < -0.4 is 5.32 Å². The summed E-state index contributed by atoms with van der Waals surface area (Å²) in [5, 5.41) is 3.35. The van der Waals surface area contributed by atoms with Crippen LogP contribution in [0.5, 0.6) is 0 Å². The third kappa shape index (κ3) is 3.97. The summed E-state index contributed by atoms with van der Waals surface area (Å²) in [4.78, 5) is 17.0. The minimum absolute atomic E-state index is 0.159. The standard InChI is InChI=1S/C17H27N3O/c1-4-11-18-16-8-6-5-7-15(16)17(21)20-12-9-14(10-13-20)19(2)3/h5-8,14,18H,4,9-13H2,1-3H3. The van der Waals surface area contributed by atoms with Crippen LogP contribution in [0.25, 0.3) is 0 Å². The molecule has 1 aliphatic heterocycles. The zero-order valence-electron chi connectivity index (χ0n) is 13.4. The van der Waals surface area contributed by atoms with Crippen LogP contribution in [-0.4, -0.2) is 55.5 Å². The average Bonchev–Trinajstić information content (AvgIpc) is 2.52. The van der Waals surface area contributed by atoms with Gasteiger partial charge in [-0.2, -0.15) is 0 Å². The van der Waals surface area contributed by atoms with Crippen LogP contribution in [0.4, 0.5) is 5.69 Å². The molecule has 0 unspecified atom stereocenters. The molecular formula is C17H27N3O. The lowest BCUT2D eigenvalue weighted by Gasteiger charge is -2.35. The number of nitrogens with zero attached hydrogens (tertiary/aromatic N) is 2. The Morgan fingerprint density at radius 1 is 1.29 bits per heavy atom. The summed E-state index contributed by atoms with van der Waals surface area (Å²) in [5.41, 5.74) is 1.76. The summed E-state index contributed by atoms with van der Waals surface area (Å²) < 4.78 is 0. The van der Waals surface area contributed by atoms with Crippen LogP contribution in [0.3, 0.4) is 0 Å². The van der Waals surface area contributed by atoms with Gasteiger partial charge in [-0.1, -0.05) is 19.1 Å². The molecule has 1 saturated heterocycles. The first-order chi connectivity index (χ1) is 10.1. The van der Waals surface area contributed by atoms with E-state index in [4.69, 9.17) is 0 Å². The molecule has 0 spiro atoms. The Labute approximate surface area is 128 Å². The van der Waals surface area contributed by atoms with Crippen LogP contribution in [0, 0.1) is 0 Å². The van der Waals surface area contributed by atoms with Gasteiger partial charge in [-0.05, 0) is 45.5 Å². The number of para-hydroxylation sites is 1. The smallest absolute Gasteiger partial charge is 0.255 e. The molecule has 1 N–H and O–H groups in total. The van der Waals surface area contributed by atoms with Gasteiger partial charge in [-0.15, -0.1) is 0 Å². The molecule has 0 radical (unpaired) electrons. The summed E-state index contributed by atoms with van der Waals surface area (Å²) in [6.07, 6.45) is 3.17. The molecule has 0 aliphatic carbocycles. The van der Waals surface area contributed by atoms with Gasteiger partial charge in [0.25, 0.3) is 5.91 Å². The van der Waals surface area contributed by atoms with Crippen molar-refractivity contribution in [1.29, 1.82) is 0 Å². The predicted molar refractivity (Wildman–Crippen MR) is 87.8 cm³/mol. The van der Waals surface area contributed by atoms with E-state index in [0.717, 1.165) is 50.1 Å². The molecule has 0 saturated carbocycles. The maximum atomic E-state index is 12.7. The summed E-state index contributed by atoms with van der Waals surface area (Å²) in [6, 6.07) is 8.44. The van der Waals surface area contributed by atoms with E-state index in [-0.39, 0.29) is 5.91 Å². The van der Waals surface area contributed by atoms with Gasteiger partial charge in [-0.3, -0.25) is 4.79 Å². The zero-order valence-corrected chi connectivity index (χ0v) is 13.4. The average molecular weight is 289 g/mol. The lowest BCUT2D eigenvalue weighted by molar-refractivity contribution is 0.0664. The van der Waals surface area contributed by atoms with Crippen LogP contribution in [0.1, 0.15) is 36.5 Å². The molecule has 4 nitrogen and oxygen atoms in total. The number of nitrogens with one attached hydrogen (secondary N) is 1. The fraction of sp³-hybridized carbons (Fsp3) is 0.588. The van der Waals surface area contributed by atoms with E-state index in [1.54, 1.807) is 0 Å². The maximum absolute atomic E-state index is 12.7. The highest BCUT2D eigenvalue weighted by Gasteiger charge is 2.25. The van der Waals surface area contributed by atoms with Crippen LogP contribution in [0.15, 0.2) is 24.3 Å². The molecule has 1 heterocycles. The van der Waals surface area contributed by atoms with Crippen LogP contribution in [-0.2, 0) is 0 Å². The molecule has 116 valence electrons. The lowest BCUT2D eigenvalue weighted by atomic mass is 10.0. The molecule has 4 heteroatoms. The SMILES string of the molecule is CCCNc1ccccc1C(=O)N1CCC(N(C)C)CC1. The molecule has 1 aromatic carbocycles. The fourth-order valence-electron chi connectivity index (χ4n) is 2.84. The van der Waals surface area contributed by atoms with Gasteiger partial charge < -0.3 is 15.1 Å². The number of benzene rings is 1.